The third-order valence-electron chi connectivity index (χ3n) is 4.26. The molecule has 1 fully saturated rings. The maximum atomic E-state index is 13.0. The lowest BCUT2D eigenvalue weighted by molar-refractivity contribution is -0.137. The number of rotatable bonds is 3. The second-order valence-corrected chi connectivity index (χ2v) is 7.41. The second kappa shape index (κ2) is 5.66. The zero-order valence-corrected chi connectivity index (χ0v) is 14.1. The number of hydrogen-bond acceptors (Lipinski definition) is 3. The van der Waals surface area contributed by atoms with Gasteiger partial charge in [0.2, 0.25) is 0 Å². The van der Waals surface area contributed by atoms with Crippen LogP contribution < -0.4 is 0 Å². The Hall–Kier alpha value is -2.22. The van der Waals surface area contributed by atoms with Crippen molar-refractivity contribution in [1.82, 2.24) is 14.5 Å². The number of halogens is 3. The highest BCUT2D eigenvalue weighted by Crippen LogP contribution is 2.43. The summed E-state index contributed by atoms with van der Waals surface area (Å²) in [4.78, 5) is 8.99. The molecule has 0 N–H and O–H groups in total. The van der Waals surface area contributed by atoms with Gasteiger partial charge in [0, 0.05) is 30.3 Å². The smallest absolute Gasteiger partial charge is 0.321 e. The van der Waals surface area contributed by atoms with Crippen molar-refractivity contribution in [1.29, 1.82) is 0 Å². The van der Waals surface area contributed by atoms with Gasteiger partial charge in [-0.25, -0.2) is 4.98 Å². The fourth-order valence-electron chi connectivity index (χ4n) is 2.96. The van der Waals surface area contributed by atoms with Crippen molar-refractivity contribution in [3.63, 3.8) is 0 Å². The molecule has 0 spiro atoms. The second-order valence-electron chi connectivity index (χ2n) is 6.06. The molecule has 0 aliphatic heterocycles. The predicted octanol–water partition coefficient (Wildman–Crippen LogP) is 4.19. The predicted molar refractivity (Wildman–Crippen MR) is 88.6 cm³/mol. The molecule has 1 saturated carbocycles. The average Bonchev–Trinajstić information content (AvgIpc) is 3.33. The summed E-state index contributed by atoms with van der Waals surface area (Å²) in [6.07, 6.45) is 2.13. The number of benzene rings is 1. The van der Waals surface area contributed by atoms with Gasteiger partial charge in [0.05, 0.1) is 32.3 Å². The van der Waals surface area contributed by atoms with Crippen molar-refractivity contribution in [3.05, 3.63) is 42.2 Å². The maximum absolute atomic E-state index is 13.0. The molecular weight excluding hydrogens is 351 g/mol. The molecule has 130 valence electrons. The highest BCUT2D eigenvalue weighted by molar-refractivity contribution is 7.84. The van der Waals surface area contributed by atoms with Crippen LogP contribution in [-0.4, -0.2) is 25.0 Å². The number of imidazole rings is 1. The van der Waals surface area contributed by atoms with Crippen LogP contribution in [-0.2, 0) is 17.0 Å². The summed E-state index contributed by atoms with van der Waals surface area (Å²) in [6.45, 7) is 0. The molecule has 3 aromatic rings. The van der Waals surface area contributed by atoms with Crippen LogP contribution >= 0.6 is 0 Å². The van der Waals surface area contributed by atoms with Crippen molar-refractivity contribution in [3.8, 4) is 11.4 Å². The summed E-state index contributed by atoms with van der Waals surface area (Å²) >= 11 is 0. The Morgan fingerprint density at radius 2 is 2.00 bits per heavy atom. The zero-order valence-electron chi connectivity index (χ0n) is 13.2. The summed E-state index contributed by atoms with van der Waals surface area (Å²) in [5, 5.41) is 0. The van der Waals surface area contributed by atoms with E-state index in [1.165, 1.54) is 12.3 Å². The summed E-state index contributed by atoms with van der Waals surface area (Å²) in [5.41, 5.74) is 0.880. The molecule has 0 radical (unpaired) electrons. The van der Waals surface area contributed by atoms with E-state index in [0.717, 1.165) is 25.0 Å². The van der Waals surface area contributed by atoms with E-state index >= 15 is 0 Å². The summed E-state index contributed by atoms with van der Waals surface area (Å²) in [7, 11) is -1.28. The monoisotopic (exact) mass is 365 g/mol. The van der Waals surface area contributed by atoms with Gasteiger partial charge in [0.15, 0.2) is 0 Å². The highest BCUT2D eigenvalue weighted by Gasteiger charge is 2.33. The van der Waals surface area contributed by atoms with Gasteiger partial charge in [-0.3, -0.25) is 9.19 Å². The Kier molecular flexibility index (Phi) is 3.68. The van der Waals surface area contributed by atoms with Gasteiger partial charge in [-0.05, 0) is 37.1 Å². The van der Waals surface area contributed by atoms with Crippen molar-refractivity contribution < 1.29 is 17.4 Å². The minimum absolute atomic E-state index is 0.211. The van der Waals surface area contributed by atoms with Crippen LogP contribution in [0.4, 0.5) is 13.2 Å². The molecule has 8 heteroatoms. The fourth-order valence-corrected chi connectivity index (χ4v) is 3.64. The third-order valence-corrected chi connectivity index (χ3v) is 5.21. The van der Waals surface area contributed by atoms with E-state index in [4.69, 9.17) is 0 Å². The van der Waals surface area contributed by atoms with E-state index in [1.54, 1.807) is 18.5 Å². The molecule has 1 unspecified atom stereocenters. The largest absolute Gasteiger partial charge is 0.416 e. The average molecular weight is 365 g/mol. The molecule has 4 rings (SSSR count). The van der Waals surface area contributed by atoms with Crippen LogP contribution in [0.3, 0.4) is 0 Å². The molecule has 2 aromatic heterocycles. The van der Waals surface area contributed by atoms with Gasteiger partial charge in [-0.2, -0.15) is 13.2 Å². The lowest BCUT2D eigenvalue weighted by Crippen LogP contribution is -2.04. The van der Waals surface area contributed by atoms with Gasteiger partial charge in [0.1, 0.15) is 5.82 Å². The quantitative estimate of drug-likeness (QED) is 0.699. The summed E-state index contributed by atoms with van der Waals surface area (Å²) in [5.74, 6) is 0.546. The van der Waals surface area contributed by atoms with Crippen molar-refractivity contribution in [2.24, 2.45) is 0 Å². The maximum Gasteiger partial charge on any atom is 0.416 e. The Labute approximate surface area is 144 Å². The molecule has 0 saturated heterocycles. The van der Waals surface area contributed by atoms with E-state index < -0.39 is 22.5 Å². The molecule has 1 atom stereocenters. The van der Waals surface area contributed by atoms with E-state index in [2.05, 4.69) is 9.97 Å². The lowest BCUT2D eigenvalue weighted by atomic mass is 10.2. The van der Waals surface area contributed by atoms with Gasteiger partial charge in [-0.15, -0.1) is 0 Å². The number of nitrogens with zero attached hydrogens (tertiary/aromatic N) is 3. The number of hydrogen-bond donors (Lipinski definition) is 0. The van der Waals surface area contributed by atoms with Crippen LogP contribution in [0.1, 0.15) is 24.4 Å². The van der Waals surface area contributed by atoms with Crippen LogP contribution in [0.5, 0.6) is 0 Å². The highest BCUT2D eigenvalue weighted by atomic mass is 32.2. The fraction of sp³-hybridized carbons (Fsp3) is 0.294. The van der Waals surface area contributed by atoms with E-state index in [-0.39, 0.29) is 6.04 Å². The summed E-state index contributed by atoms with van der Waals surface area (Å²) < 4.78 is 53.0. The molecule has 4 nitrogen and oxygen atoms in total. The van der Waals surface area contributed by atoms with Crippen LogP contribution in [0.15, 0.2) is 41.6 Å². The topological polar surface area (TPSA) is 47.8 Å². The van der Waals surface area contributed by atoms with Crippen molar-refractivity contribution in [2.75, 3.05) is 6.26 Å². The van der Waals surface area contributed by atoms with E-state index in [0.29, 0.717) is 27.3 Å². The number of pyridine rings is 1. The normalized spacial score (nSPS) is 16.3. The SMILES string of the molecule is CS(=O)c1cnccc1-c1nc2cc(C(F)(F)F)ccc2n1C1CC1. The van der Waals surface area contributed by atoms with Crippen LogP contribution in [0.25, 0.3) is 22.4 Å². The third kappa shape index (κ3) is 2.84. The Morgan fingerprint density at radius 3 is 2.64 bits per heavy atom. The standard InChI is InChI=1S/C17H14F3N3OS/c1-25(24)15-9-21-7-6-12(15)16-22-13-8-10(17(18,19)20)2-5-14(13)23(16)11-3-4-11/h2,5-9,11H,3-4H2,1H3. The van der Waals surface area contributed by atoms with E-state index in [1.807, 2.05) is 4.57 Å². The van der Waals surface area contributed by atoms with Gasteiger partial charge in [-0.1, -0.05) is 0 Å². The molecule has 2 heterocycles. The molecule has 1 aliphatic rings. The lowest BCUT2D eigenvalue weighted by Gasteiger charge is -2.10. The first-order valence-electron chi connectivity index (χ1n) is 7.73. The first-order valence-corrected chi connectivity index (χ1v) is 9.29. The molecule has 1 aliphatic carbocycles. The Balaban J connectivity index is 1.98. The molecular formula is C17H14F3N3OS. The first kappa shape index (κ1) is 16.3. The molecule has 0 amide bonds. The van der Waals surface area contributed by atoms with Crippen LogP contribution in [0.2, 0.25) is 0 Å². The van der Waals surface area contributed by atoms with Crippen molar-refractivity contribution >= 4 is 21.8 Å². The number of fused-ring (bicyclic) bond motifs is 1. The van der Waals surface area contributed by atoms with E-state index in [9.17, 15) is 17.4 Å². The number of alkyl halides is 3. The van der Waals surface area contributed by atoms with Gasteiger partial charge >= 0.3 is 6.18 Å². The Morgan fingerprint density at radius 1 is 1.24 bits per heavy atom. The van der Waals surface area contributed by atoms with Crippen LogP contribution in [0, 0.1) is 0 Å². The van der Waals surface area contributed by atoms with Crippen molar-refractivity contribution in [2.45, 2.75) is 30.0 Å². The minimum Gasteiger partial charge on any atom is -0.321 e. The molecule has 25 heavy (non-hydrogen) atoms. The number of aromatic nitrogens is 3. The zero-order chi connectivity index (χ0) is 17.8. The van der Waals surface area contributed by atoms with Gasteiger partial charge < -0.3 is 4.57 Å². The Bertz CT molecular complexity index is 992. The molecule has 0 bridgehead atoms. The molecule has 1 aromatic carbocycles. The minimum atomic E-state index is -4.41. The summed E-state index contributed by atoms with van der Waals surface area (Å²) in [6, 6.07) is 5.54. The first-order chi connectivity index (χ1) is 11.9. The van der Waals surface area contributed by atoms with Gasteiger partial charge in [0.25, 0.3) is 0 Å².